The van der Waals surface area contributed by atoms with Crippen LogP contribution in [0.15, 0.2) is 41.4 Å². The Bertz CT molecular complexity index is 704. The Morgan fingerprint density at radius 3 is 2.52 bits per heavy atom. The average molecular weight is 280 g/mol. The van der Waals surface area contributed by atoms with Crippen molar-refractivity contribution in [3.63, 3.8) is 0 Å². The highest BCUT2D eigenvalue weighted by atomic mass is 16.5. The number of nitrogens with one attached hydrogen (secondary N) is 1. The van der Waals surface area contributed by atoms with Crippen molar-refractivity contribution in [2.24, 2.45) is 4.99 Å². The summed E-state index contributed by atoms with van der Waals surface area (Å²) in [7, 11) is 0. The highest BCUT2D eigenvalue weighted by molar-refractivity contribution is 6.02. The van der Waals surface area contributed by atoms with Crippen LogP contribution in [0, 0.1) is 20.8 Å². The molecule has 0 radical (unpaired) electrons. The second-order valence-electron chi connectivity index (χ2n) is 5.41. The van der Waals surface area contributed by atoms with Crippen LogP contribution in [-0.2, 0) is 0 Å². The van der Waals surface area contributed by atoms with Gasteiger partial charge in [-0.15, -0.1) is 0 Å². The molecule has 1 aliphatic heterocycles. The number of amidine groups is 1. The third-order valence-electron chi connectivity index (χ3n) is 3.90. The van der Waals surface area contributed by atoms with E-state index in [9.17, 15) is 0 Å². The highest BCUT2D eigenvalue weighted by Gasteiger charge is 2.15. The first-order valence-electron chi connectivity index (χ1n) is 7.29. The van der Waals surface area contributed by atoms with Crippen LogP contribution in [-0.4, -0.2) is 18.9 Å². The zero-order valence-corrected chi connectivity index (χ0v) is 12.7. The number of hydrogen-bond donors (Lipinski definition) is 1. The number of hydrogen-bond acceptors (Lipinski definition) is 3. The Labute approximate surface area is 125 Å². The fourth-order valence-corrected chi connectivity index (χ4v) is 2.52. The molecule has 1 N–H and O–H groups in total. The van der Waals surface area contributed by atoms with E-state index < -0.39 is 0 Å². The Kier molecular flexibility index (Phi) is 3.65. The van der Waals surface area contributed by atoms with Crippen LogP contribution in [0.3, 0.4) is 0 Å². The lowest BCUT2D eigenvalue weighted by Gasteiger charge is -2.16. The lowest BCUT2D eigenvalue weighted by molar-refractivity contribution is 0.473. The van der Waals surface area contributed by atoms with Crippen LogP contribution in [0.4, 0.5) is 0 Å². The molecule has 0 aliphatic carbocycles. The average Bonchev–Trinajstić information content (AvgIpc) is 3.02. The van der Waals surface area contributed by atoms with Gasteiger partial charge in [0.2, 0.25) is 0 Å². The minimum Gasteiger partial charge on any atom is -0.456 e. The standard InChI is InChI=1S/C18H20N2O/c1-12-8-9-13(2)17(14(12)3)21-16-7-5-4-6-15(16)18-19-10-11-20-18/h4-9H,10-11H2,1-3H3,(H,19,20). The summed E-state index contributed by atoms with van der Waals surface area (Å²) in [6.07, 6.45) is 0. The summed E-state index contributed by atoms with van der Waals surface area (Å²) in [6, 6.07) is 12.3. The number of nitrogens with zero attached hydrogens (tertiary/aromatic N) is 1. The Morgan fingerprint density at radius 2 is 1.76 bits per heavy atom. The Hall–Kier alpha value is -2.29. The first-order chi connectivity index (χ1) is 10.2. The highest BCUT2D eigenvalue weighted by Crippen LogP contribution is 2.32. The predicted octanol–water partition coefficient (Wildman–Crippen LogP) is 3.75. The van der Waals surface area contributed by atoms with E-state index >= 15 is 0 Å². The van der Waals surface area contributed by atoms with E-state index in [-0.39, 0.29) is 0 Å². The maximum Gasteiger partial charge on any atom is 0.138 e. The summed E-state index contributed by atoms with van der Waals surface area (Å²) in [4.78, 5) is 4.50. The van der Waals surface area contributed by atoms with Crippen LogP contribution in [0.25, 0.3) is 0 Å². The van der Waals surface area contributed by atoms with E-state index in [4.69, 9.17) is 4.74 Å². The first kappa shape index (κ1) is 13.7. The molecule has 0 saturated heterocycles. The summed E-state index contributed by atoms with van der Waals surface area (Å²) in [5.74, 6) is 2.72. The number of aryl methyl sites for hydroxylation is 2. The van der Waals surface area contributed by atoms with Crippen LogP contribution < -0.4 is 10.1 Å². The van der Waals surface area contributed by atoms with Gasteiger partial charge in [-0.25, -0.2) is 0 Å². The third kappa shape index (κ3) is 2.64. The number of rotatable bonds is 3. The van der Waals surface area contributed by atoms with Gasteiger partial charge in [0, 0.05) is 6.54 Å². The van der Waals surface area contributed by atoms with Gasteiger partial charge in [-0.3, -0.25) is 4.99 Å². The van der Waals surface area contributed by atoms with Gasteiger partial charge in [0.1, 0.15) is 17.3 Å². The molecule has 1 aliphatic rings. The van der Waals surface area contributed by atoms with Gasteiger partial charge >= 0.3 is 0 Å². The van der Waals surface area contributed by atoms with Gasteiger partial charge in [0.25, 0.3) is 0 Å². The van der Waals surface area contributed by atoms with Gasteiger partial charge in [0.15, 0.2) is 0 Å². The maximum atomic E-state index is 6.24. The van der Waals surface area contributed by atoms with E-state index in [1.165, 1.54) is 11.1 Å². The summed E-state index contributed by atoms with van der Waals surface area (Å²) in [5, 5.41) is 3.31. The van der Waals surface area contributed by atoms with Crippen molar-refractivity contribution in [3.05, 3.63) is 58.7 Å². The van der Waals surface area contributed by atoms with Crippen molar-refractivity contribution in [2.75, 3.05) is 13.1 Å². The smallest absolute Gasteiger partial charge is 0.138 e. The molecule has 1 heterocycles. The molecule has 0 saturated carbocycles. The molecular weight excluding hydrogens is 260 g/mol. The van der Waals surface area contributed by atoms with Gasteiger partial charge in [-0.05, 0) is 49.6 Å². The second-order valence-corrected chi connectivity index (χ2v) is 5.41. The monoisotopic (exact) mass is 280 g/mol. The van der Waals surface area contributed by atoms with E-state index in [0.29, 0.717) is 0 Å². The molecule has 3 nitrogen and oxygen atoms in total. The lowest BCUT2D eigenvalue weighted by atomic mass is 10.1. The predicted molar refractivity (Wildman–Crippen MR) is 86.6 cm³/mol. The molecule has 0 amide bonds. The quantitative estimate of drug-likeness (QED) is 0.929. The van der Waals surface area contributed by atoms with Crippen molar-refractivity contribution in [2.45, 2.75) is 20.8 Å². The van der Waals surface area contributed by atoms with Crippen LogP contribution in [0.5, 0.6) is 11.5 Å². The molecule has 0 atom stereocenters. The molecule has 0 spiro atoms. The SMILES string of the molecule is Cc1ccc(C)c(Oc2ccccc2C2=NCCN2)c1C. The summed E-state index contributed by atoms with van der Waals surface area (Å²) in [5.41, 5.74) is 4.60. The fraction of sp³-hybridized carbons (Fsp3) is 0.278. The number of ether oxygens (including phenoxy) is 1. The van der Waals surface area contributed by atoms with E-state index in [2.05, 4.69) is 43.2 Å². The van der Waals surface area contributed by atoms with Gasteiger partial charge < -0.3 is 10.1 Å². The van der Waals surface area contributed by atoms with Crippen molar-refractivity contribution in [3.8, 4) is 11.5 Å². The minimum atomic E-state index is 0.826. The van der Waals surface area contributed by atoms with Gasteiger partial charge in [-0.1, -0.05) is 24.3 Å². The Balaban J connectivity index is 2.01. The lowest BCUT2D eigenvalue weighted by Crippen LogP contribution is -2.20. The third-order valence-corrected chi connectivity index (χ3v) is 3.90. The normalized spacial score (nSPS) is 13.8. The molecule has 2 aromatic rings. The molecule has 0 bridgehead atoms. The minimum absolute atomic E-state index is 0.826. The molecular formula is C18H20N2O. The molecule has 2 aromatic carbocycles. The first-order valence-corrected chi connectivity index (χ1v) is 7.29. The summed E-state index contributed by atoms with van der Waals surface area (Å²) >= 11 is 0. The van der Waals surface area contributed by atoms with Crippen molar-refractivity contribution in [1.82, 2.24) is 5.32 Å². The maximum absolute atomic E-state index is 6.24. The molecule has 0 unspecified atom stereocenters. The van der Waals surface area contributed by atoms with E-state index in [1.807, 2.05) is 24.3 Å². The second kappa shape index (κ2) is 5.60. The molecule has 108 valence electrons. The van der Waals surface area contributed by atoms with Crippen LogP contribution in [0.1, 0.15) is 22.3 Å². The molecule has 21 heavy (non-hydrogen) atoms. The van der Waals surface area contributed by atoms with Crippen molar-refractivity contribution >= 4 is 5.84 Å². The van der Waals surface area contributed by atoms with Crippen molar-refractivity contribution in [1.29, 1.82) is 0 Å². The topological polar surface area (TPSA) is 33.6 Å². The van der Waals surface area contributed by atoms with Gasteiger partial charge in [0.05, 0.1) is 12.1 Å². The fourth-order valence-electron chi connectivity index (χ4n) is 2.52. The van der Waals surface area contributed by atoms with Crippen molar-refractivity contribution < 1.29 is 4.74 Å². The molecule has 0 aromatic heterocycles. The number of aliphatic imine (C=N–C) groups is 1. The zero-order chi connectivity index (χ0) is 14.8. The molecule has 3 rings (SSSR count). The van der Waals surface area contributed by atoms with E-state index in [0.717, 1.165) is 41.6 Å². The van der Waals surface area contributed by atoms with Crippen LogP contribution >= 0.6 is 0 Å². The van der Waals surface area contributed by atoms with Gasteiger partial charge in [-0.2, -0.15) is 0 Å². The summed E-state index contributed by atoms with van der Waals surface area (Å²) in [6.45, 7) is 8.01. The molecule has 0 fully saturated rings. The Morgan fingerprint density at radius 1 is 1.00 bits per heavy atom. The van der Waals surface area contributed by atoms with E-state index in [1.54, 1.807) is 0 Å². The molecule has 3 heteroatoms. The zero-order valence-electron chi connectivity index (χ0n) is 12.7. The summed E-state index contributed by atoms with van der Waals surface area (Å²) < 4.78 is 6.24. The largest absolute Gasteiger partial charge is 0.456 e. The van der Waals surface area contributed by atoms with Crippen LogP contribution in [0.2, 0.25) is 0 Å². The number of para-hydroxylation sites is 1. The number of benzene rings is 2.